The van der Waals surface area contributed by atoms with Crippen LogP contribution in [0.1, 0.15) is 49.4 Å². The normalized spacial score (nSPS) is 11.9. The van der Waals surface area contributed by atoms with Crippen molar-refractivity contribution in [2.75, 3.05) is 13.1 Å². The highest BCUT2D eigenvalue weighted by molar-refractivity contribution is 5.40. The lowest BCUT2D eigenvalue weighted by atomic mass is 9.78. The third-order valence-electron chi connectivity index (χ3n) is 3.75. The van der Waals surface area contributed by atoms with E-state index in [0.29, 0.717) is 0 Å². The van der Waals surface area contributed by atoms with Crippen LogP contribution in [0.15, 0.2) is 12.1 Å². The van der Waals surface area contributed by atoms with Crippen molar-refractivity contribution in [3.63, 3.8) is 0 Å². The molecule has 0 saturated heterocycles. The van der Waals surface area contributed by atoms with E-state index >= 15 is 0 Å². The summed E-state index contributed by atoms with van der Waals surface area (Å²) in [5.41, 5.74) is 5.98. The van der Waals surface area contributed by atoms with Crippen molar-refractivity contribution in [2.45, 2.75) is 53.4 Å². The second-order valence-electron chi connectivity index (χ2n) is 5.74. The van der Waals surface area contributed by atoms with Crippen LogP contribution < -0.4 is 5.32 Å². The molecule has 1 rings (SSSR count). The fourth-order valence-electron chi connectivity index (χ4n) is 2.40. The van der Waals surface area contributed by atoms with E-state index in [4.69, 9.17) is 0 Å². The van der Waals surface area contributed by atoms with Crippen molar-refractivity contribution < 1.29 is 0 Å². The van der Waals surface area contributed by atoms with E-state index in [1.54, 1.807) is 0 Å². The molecule has 0 bridgehead atoms. The van der Waals surface area contributed by atoms with Gasteiger partial charge in [0.1, 0.15) is 0 Å². The van der Waals surface area contributed by atoms with Crippen molar-refractivity contribution in [3.05, 3.63) is 34.4 Å². The highest BCUT2D eigenvalue weighted by atomic mass is 14.8. The molecule has 0 aliphatic carbocycles. The van der Waals surface area contributed by atoms with Gasteiger partial charge < -0.3 is 5.32 Å². The molecule has 0 atom stereocenters. The second-order valence-corrected chi connectivity index (χ2v) is 5.74. The summed E-state index contributed by atoms with van der Waals surface area (Å²) in [7, 11) is 0. The fourth-order valence-corrected chi connectivity index (χ4v) is 2.40. The lowest BCUT2D eigenvalue weighted by Crippen LogP contribution is -2.26. The molecule has 0 aromatic heterocycles. The summed E-state index contributed by atoms with van der Waals surface area (Å²) in [6.45, 7) is 15.6. The Hall–Kier alpha value is -0.820. The van der Waals surface area contributed by atoms with E-state index in [0.717, 1.165) is 13.1 Å². The van der Waals surface area contributed by atoms with E-state index in [2.05, 4.69) is 59.0 Å². The molecule has 17 heavy (non-hydrogen) atoms. The first-order valence-corrected chi connectivity index (χ1v) is 6.67. The van der Waals surface area contributed by atoms with E-state index in [9.17, 15) is 0 Å². The van der Waals surface area contributed by atoms with Gasteiger partial charge in [0.15, 0.2) is 0 Å². The number of hydrogen-bond donors (Lipinski definition) is 1. The molecule has 0 aliphatic heterocycles. The van der Waals surface area contributed by atoms with Gasteiger partial charge in [0.2, 0.25) is 0 Å². The second kappa shape index (κ2) is 5.68. The summed E-state index contributed by atoms with van der Waals surface area (Å²) in [5.74, 6) is 0. The fraction of sp³-hybridized carbons (Fsp3) is 0.625. The lowest BCUT2D eigenvalue weighted by Gasteiger charge is -2.28. The van der Waals surface area contributed by atoms with E-state index < -0.39 is 0 Å². The largest absolute Gasteiger partial charge is 0.317 e. The van der Waals surface area contributed by atoms with Gasteiger partial charge >= 0.3 is 0 Å². The Morgan fingerprint density at radius 1 is 1.00 bits per heavy atom. The van der Waals surface area contributed by atoms with Gasteiger partial charge in [-0.05, 0) is 68.0 Å². The maximum absolute atomic E-state index is 3.42. The molecular formula is C16H27N. The van der Waals surface area contributed by atoms with Gasteiger partial charge in [-0.15, -0.1) is 0 Å². The van der Waals surface area contributed by atoms with Crippen LogP contribution in [0.3, 0.4) is 0 Å². The Labute approximate surface area is 107 Å². The van der Waals surface area contributed by atoms with Crippen molar-refractivity contribution in [1.29, 1.82) is 0 Å². The molecule has 1 aromatic rings. The minimum atomic E-state index is 0.255. The first-order chi connectivity index (χ1) is 7.88. The van der Waals surface area contributed by atoms with Gasteiger partial charge in [-0.25, -0.2) is 0 Å². The van der Waals surface area contributed by atoms with Gasteiger partial charge in [-0.3, -0.25) is 0 Å². The van der Waals surface area contributed by atoms with E-state index in [-0.39, 0.29) is 5.41 Å². The zero-order valence-corrected chi connectivity index (χ0v) is 12.3. The summed E-state index contributed by atoms with van der Waals surface area (Å²) in [5, 5.41) is 3.42. The van der Waals surface area contributed by atoms with E-state index in [1.165, 1.54) is 28.7 Å². The minimum Gasteiger partial charge on any atom is -0.317 e. The highest BCUT2D eigenvalue weighted by Crippen LogP contribution is 2.31. The minimum absolute atomic E-state index is 0.255. The third-order valence-corrected chi connectivity index (χ3v) is 3.75. The van der Waals surface area contributed by atoms with Gasteiger partial charge in [-0.1, -0.05) is 32.9 Å². The van der Waals surface area contributed by atoms with Crippen LogP contribution in [-0.4, -0.2) is 13.1 Å². The quantitative estimate of drug-likeness (QED) is 0.761. The van der Waals surface area contributed by atoms with Gasteiger partial charge in [0, 0.05) is 0 Å². The average molecular weight is 233 g/mol. The molecule has 0 unspecified atom stereocenters. The van der Waals surface area contributed by atoms with Crippen LogP contribution in [0, 0.1) is 20.8 Å². The Morgan fingerprint density at radius 3 is 2.18 bits per heavy atom. The summed E-state index contributed by atoms with van der Waals surface area (Å²) in [4.78, 5) is 0. The van der Waals surface area contributed by atoms with Gasteiger partial charge in [0.05, 0.1) is 0 Å². The number of nitrogens with one attached hydrogen (secondary N) is 1. The van der Waals surface area contributed by atoms with Crippen molar-refractivity contribution in [2.24, 2.45) is 0 Å². The van der Waals surface area contributed by atoms with E-state index in [1.807, 2.05) is 0 Å². The van der Waals surface area contributed by atoms with Crippen molar-refractivity contribution >= 4 is 0 Å². The van der Waals surface area contributed by atoms with Crippen LogP contribution in [0.25, 0.3) is 0 Å². The zero-order chi connectivity index (χ0) is 13.1. The summed E-state index contributed by atoms with van der Waals surface area (Å²) in [6, 6.07) is 4.69. The molecule has 0 radical (unpaired) electrons. The number of rotatable bonds is 5. The molecule has 96 valence electrons. The smallest absolute Gasteiger partial charge is 0.00407 e. The summed E-state index contributed by atoms with van der Waals surface area (Å²) in [6.07, 6.45) is 1.18. The van der Waals surface area contributed by atoms with Crippen LogP contribution in [-0.2, 0) is 5.41 Å². The topological polar surface area (TPSA) is 12.0 Å². The maximum atomic E-state index is 3.42. The molecule has 0 amide bonds. The Bertz CT molecular complexity index is 377. The lowest BCUT2D eigenvalue weighted by molar-refractivity contribution is 0.458. The first kappa shape index (κ1) is 14.2. The summed E-state index contributed by atoms with van der Waals surface area (Å²) < 4.78 is 0. The average Bonchev–Trinajstić information content (AvgIpc) is 2.23. The SMILES string of the molecule is CCNCCC(C)(C)c1cc(C)c(C)cc1C. The predicted molar refractivity (Wildman–Crippen MR) is 76.8 cm³/mol. The van der Waals surface area contributed by atoms with Crippen LogP contribution in [0.5, 0.6) is 0 Å². The van der Waals surface area contributed by atoms with Crippen LogP contribution >= 0.6 is 0 Å². The van der Waals surface area contributed by atoms with Crippen LogP contribution in [0.4, 0.5) is 0 Å². The zero-order valence-electron chi connectivity index (χ0n) is 12.3. The number of benzene rings is 1. The molecule has 1 N–H and O–H groups in total. The third kappa shape index (κ3) is 3.57. The standard InChI is InChI=1S/C16H27N/c1-7-17-9-8-16(5,6)15-11-13(3)12(2)10-14(15)4/h10-11,17H,7-9H2,1-6H3. The first-order valence-electron chi connectivity index (χ1n) is 6.67. The molecule has 0 aliphatic rings. The molecule has 0 heterocycles. The molecular weight excluding hydrogens is 206 g/mol. The predicted octanol–water partition coefficient (Wildman–Crippen LogP) is 3.89. The number of aryl methyl sites for hydroxylation is 3. The Morgan fingerprint density at radius 2 is 1.59 bits per heavy atom. The summed E-state index contributed by atoms with van der Waals surface area (Å²) >= 11 is 0. The van der Waals surface area contributed by atoms with Crippen LogP contribution in [0.2, 0.25) is 0 Å². The highest BCUT2D eigenvalue weighted by Gasteiger charge is 2.22. The number of hydrogen-bond acceptors (Lipinski definition) is 1. The van der Waals surface area contributed by atoms with Gasteiger partial charge in [-0.2, -0.15) is 0 Å². The monoisotopic (exact) mass is 233 g/mol. The van der Waals surface area contributed by atoms with Gasteiger partial charge in [0.25, 0.3) is 0 Å². The van der Waals surface area contributed by atoms with Crippen molar-refractivity contribution in [3.8, 4) is 0 Å². The molecule has 1 aromatic carbocycles. The Kier molecular flexibility index (Phi) is 4.76. The van der Waals surface area contributed by atoms with Crippen molar-refractivity contribution in [1.82, 2.24) is 5.32 Å². The molecule has 1 nitrogen and oxygen atoms in total. The molecule has 0 saturated carbocycles. The Balaban J connectivity index is 2.93. The molecule has 0 fully saturated rings. The molecule has 1 heteroatoms. The maximum Gasteiger partial charge on any atom is -0.00407 e. The molecule has 0 spiro atoms.